The molecule has 5 heteroatoms. The van der Waals surface area contributed by atoms with Crippen LogP contribution in [-0.4, -0.2) is 38.3 Å². The van der Waals surface area contributed by atoms with E-state index in [9.17, 15) is 4.79 Å². The number of ether oxygens (including phenoxy) is 1. The second-order valence-corrected chi connectivity index (χ2v) is 4.29. The molecule has 1 unspecified atom stereocenters. The molecule has 102 valence electrons. The number of amides is 1. The lowest BCUT2D eigenvalue weighted by Gasteiger charge is -2.21. The quantitative estimate of drug-likeness (QED) is 0.685. The van der Waals surface area contributed by atoms with Crippen molar-refractivity contribution in [2.24, 2.45) is 0 Å². The third kappa shape index (κ3) is 8.41. The minimum Gasteiger partial charge on any atom is -0.378 e. The van der Waals surface area contributed by atoms with Crippen molar-refractivity contribution in [1.82, 2.24) is 10.6 Å². The molecule has 0 radical (unpaired) electrons. The molecule has 1 saturated heterocycles. The summed E-state index contributed by atoms with van der Waals surface area (Å²) in [6.07, 6.45) is 5.16. The zero-order chi connectivity index (χ0) is 11.6. The van der Waals surface area contributed by atoms with Gasteiger partial charge < -0.3 is 15.4 Å². The molecule has 17 heavy (non-hydrogen) atoms. The van der Waals surface area contributed by atoms with E-state index in [1.165, 1.54) is 6.42 Å². The van der Waals surface area contributed by atoms with Crippen molar-refractivity contribution < 1.29 is 9.53 Å². The van der Waals surface area contributed by atoms with E-state index in [2.05, 4.69) is 17.6 Å². The van der Waals surface area contributed by atoms with Crippen LogP contribution in [-0.2, 0) is 9.53 Å². The summed E-state index contributed by atoms with van der Waals surface area (Å²) < 4.78 is 5.52. The molecular formula is C12H25ClN2O2. The van der Waals surface area contributed by atoms with Gasteiger partial charge in [-0.2, -0.15) is 0 Å². The van der Waals surface area contributed by atoms with Gasteiger partial charge in [0.05, 0.1) is 12.5 Å². The topological polar surface area (TPSA) is 50.4 Å². The highest BCUT2D eigenvalue weighted by atomic mass is 35.5. The highest BCUT2D eigenvalue weighted by molar-refractivity contribution is 5.85. The molecule has 0 saturated carbocycles. The van der Waals surface area contributed by atoms with Gasteiger partial charge in [-0.3, -0.25) is 4.79 Å². The highest BCUT2D eigenvalue weighted by Crippen LogP contribution is 2.15. The van der Waals surface area contributed by atoms with Crippen LogP contribution in [0.1, 0.15) is 39.0 Å². The molecule has 0 aromatic carbocycles. The van der Waals surface area contributed by atoms with Gasteiger partial charge in [0.25, 0.3) is 0 Å². The van der Waals surface area contributed by atoms with Crippen molar-refractivity contribution >= 4 is 18.3 Å². The lowest BCUT2D eigenvalue weighted by Crippen LogP contribution is -2.35. The predicted molar refractivity (Wildman–Crippen MR) is 71.6 cm³/mol. The predicted octanol–water partition coefficient (Wildman–Crippen LogP) is 1.48. The first-order chi connectivity index (χ1) is 7.83. The monoisotopic (exact) mass is 264 g/mol. The van der Waals surface area contributed by atoms with E-state index in [1.54, 1.807) is 0 Å². The van der Waals surface area contributed by atoms with Gasteiger partial charge in [-0.15, -0.1) is 12.4 Å². The van der Waals surface area contributed by atoms with Gasteiger partial charge in [-0.1, -0.05) is 6.92 Å². The molecule has 1 aliphatic heterocycles. The Morgan fingerprint density at radius 1 is 1.29 bits per heavy atom. The maximum absolute atomic E-state index is 11.5. The van der Waals surface area contributed by atoms with Crippen LogP contribution in [0.5, 0.6) is 0 Å². The maximum atomic E-state index is 11.5. The van der Waals surface area contributed by atoms with E-state index in [1.807, 2.05) is 0 Å². The van der Waals surface area contributed by atoms with Crippen molar-refractivity contribution in [3.8, 4) is 0 Å². The Kier molecular flexibility index (Phi) is 10.6. The van der Waals surface area contributed by atoms with E-state index >= 15 is 0 Å². The largest absolute Gasteiger partial charge is 0.378 e. The smallest absolute Gasteiger partial charge is 0.222 e. The van der Waals surface area contributed by atoms with Crippen LogP contribution in [0.3, 0.4) is 0 Å². The summed E-state index contributed by atoms with van der Waals surface area (Å²) in [6.45, 7) is 5.53. The summed E-state index contributed by atoms with van der Waals surface area (Å²) in [4.78, 5) is 11.5. The number of hydrogen-bond acceptors (Lipinski definition) is 3. The summed E-state index contributed by atoms with van der Waals surface area (Å²) >= 11 is 0. The van der Waals surface area contributed by atoms with E-state index in [0.717, 1.165) is 39.0 Å². The standard InChI is InChI=1S/C12H24N2O2.ClH/c1-2-6-13-7-8-14-12(15)10-11-5-3-4-9-16-11;/h11,13H,2-10H2,1H3,(H,14,15);1H. The molecular weight excluding hydrogens is 240 g/mol. The van der Waals surface area contributed by atoms with Gasteiger partial charge in [-0.05, 0) is 32.2 Å². The molecule has 0 aliphatic carbocycles. The van der Waals surface area contributed by atoms with Crippen LogP contribution >= 0.6 is 12.4 Å². The van der Waals surface area contributed by atoms with Crippen LogP contribution in [0.15, 0.2) is 0 Å². The molecule has 1 aliphatic rings. The Balaban J connectivity index is 0.00000256. The first-order valence-electron chi connectivity index (χ1n) is 6.42. The maximum Gasteiger partial charge on any atom is 0.222 e. The molecule has 4 nitrogen and oxygen atoms in total. The molecule has 1 fully saturated rings. The van der Waals surface area contributed by atoms with Crippen molar-refractivity contribution in [3.63, 3.8) is 0 Å². The minimum atomic E-state index is 0. The molecule has 1 amide bonds. The number of rotatable bonds is 7. The summed E-state index contributed by atoms with van der Waals surface area (Å²) in [5.41, 5.74) is 0. The normalized spacial score (nSPS) is 19.5. The van der Waals surface area contributed by atoms with Crippen LogP contribution in [0, 0.1) is 0 Å². The molecule has 1 atom stereocenters. The Hall–Kier alpha value is -0.320. The zero-order valence-corrected chi connectivity index (χ0v) is 11.5. The summed E-state index contributed by atoms with van der Waals surface area (Å²) in [5, 5.41) is 6.16. The fraction of sp³-hybridized carbons (Fsp3) is 0.917. The minimum absolute atomic E-state index is 0. The Bertz CT molecular complexity index is 197. The van der Waals surface area contributed by atoms with E-state index in [-0.39, 0.29) is 24.4 Å². The van der Waals surface area contributed by atoms with Gasteiger partial charge in [-0.25, -0.2) is 0 Å². The number of carbonyl (C=O) groups is 1. The number of halogens is 1. The van der Waals surface area contributed by atoms with E-state index in [4.69, 9.17) is 4.74 Å². The van der Waals surface area contributed by atoms with E-state index < -0.39 is 0 Å². The molecule has 0 spiro atoms. The average Bonchev–Trinajstić information content (AvgIpc) is 2.30. The van der Waals surface area contributed by atoms with Gasteiger partial charge in [0.2, 0.25) is 5.91 Å². The SMILES string of the molecule is CCCNCCNC(=O)CC1CCCCO1.Cl. The molecule has 2 N–H and O–H groups in total. The second-order valence-electron chi connectivity index (χ2n) is 4.29. The third-order valence-electron chi connectivity index (χ3n) is 2.74. The first kappa shape index (κ1) is 16.7. The van der Waals surface area contributed by atoms with Crippen molar-refractivity contribution in [2.75, 3.05) is 26.2 Å². The van der Waals surface area contributed by atoms with Crippen molar-refractivity contribution in [3.05, 3.63) is 0 Å². The lowest BCUT2D eigenvalue weighted by atomic mass is 10.1. The van der Waals surface area contributed by atoms with Crippen LogP contribution in [0.2, 0.25) is 0 Å². The second kappa shape index (κ2) is 10.8. The molecule has 1 rings (SSSR count). The molecule has 0 aromatic rings. The summed E-state index contributed by atoms with van der Waals surface area (Å²) in [6, 6.07) is 0. The number of nitrogens with one attached hydrogen (secondary N) is 2. The number of carbonyl (C=O) groups excluding carboxylic acids is 1. The Morgan fingerprint density at radius 3 is 2.76 bits per heavy atom. The lowest BCUT2D eigenvalue weighted by molar-refractivity contribution is -0.124. The summed E-state index contributed by atoms with van der Waals surface area (Å²) in [7, 11) is 0. The zero-order valence-electron chi connectivity index (χ0n) is 10.7. The van der Waals surface area contributed by atoms with Gasteiger partial charge in [0, 0.05) is 19.7 Å². The summed E-state index contributed by atoms with van der Waals surface area (Å²) in [5.74, 6) is 0.116. The van der Waals surface area contributed by atoms with Gasteiger partial charge >= 0.3 is 0 Å². The fourth-order valence-electron chi connectivity index (χ4n) is 1.84. The van der Waals surface area contributed by atoms with E-state index in [0.29, 0.717) is 13.0 Å². The number of hydrogen-bond donors (Lipinski definition) is 2. The van der Waals surface area contributed by atoms with Crippen molar-refractivity contribution in [1.29, 1.82) is 0 Å². The Labute approximate surface area is 110 Å². The fourth-order valence-corrected chi connectivity index (χ4v) is 1.84. The van der Waals surface area contributed by atoms with Gasteiger partial charge in [0.15, 0.2) is 0 Å². The average molecular weight is 265 g/mol. The van der Waals surface area contributed by atoms with Crippen LogP contribution in [0.25, 0.3) is 0 Å². The van der Waals surface area contributed by atoms with Crippen molar-refractivity contribution in [2.45, 2.75) is 45.1 Å². The molecule has 0 aromatic heterocycles. The molecule has 0 bridgehead atoms. The van der Waals surface area contributed by atoms with Crippen LogP contribution in [0.4, 0.5) is 0 Å². The Morgan fingerprint density at radius 2 is 2.12 bits per heavy atom. The highest BCUT2D eigenvalue weighted by Gasteiger charge is 2.16. The third-order valence-corrected chi connectivity index (χ3v) is 2.74. The molecule has 1 heterocycles. The van der Waals surface area contributed by atoms with Gasteiger partial charge in [0.1, 0.15) is 0 Å². The van der Waals surface area contributed by atoms with Crippen LogP contribution < -0.4 is 10.6 Å². The first-order valence-corrected chi connectivity index (χ1v) is 6.42.